The van der Waals surface area contributed by atoms with Crippen molar-refractivity contribution >= 4 is 26.6 Å². The van der Waals surface area contributed by atoms with Crippen LogP contribution in [0, 0.1) is 5.82 Å². The summed E-state index contributed by atoms with van der Waals surface area (Å²) in [6, 6.07) is 14.9. The predicted octanol–water partition coefficient (Wildman–Crippen LogP) is 4.32. The van der Waals surface area contributed by atoms with Gasteiger partial charge in [-0.25, -0.2) is 12.8 Å². The zero-order chi connectivity index (χ0) is 23.0. The number of nitrogens with zero attached hydrogens (tertiary/aromatic N) is 2. The van der Waals surface area contributed by atoms with Crippen molar-refractivity contribution in [3.63, 3.8) is 0 Å². The summed E-state index contributed by atoms with van der Waals surface area (Å²) in [5, 5.41) is 1.91. The van der Waals surface area contributed by atoms with Gasteiger partial charge in [0, 0.05) is 41.4 Å². The number of halogens is 1. The minimum atomic E-state index is -3.34. The molecule has 2 aromatic heterocycles. The maximum Gasteiger partial charge on any atom is 0.256 e. The normalized spacial score (nSPS) is 16.8. The van der Waals surface area contributed by atoms with E-state index in [0.29, 0.717) is 5.56 Å². The number of hydrogen-bond donors (Lipinski definition) is 1. The maximum absolute atomic E-state index is 13.6. The fourth-order valence-electron chi connectivity index (χ4n) is 4.06. The van der Waals surface area contributed by atoms with Gasteiger partial charge in [0.2, 0.25) is 0 Å². The highest BCUT2D eigenvalue weighted by atomic mass is 32.2. The smallest absolute Gasteiger partial charge is 0.256 e. The molecule has 166 valence electrons. The molecule has 4 aromatic rings. The monoisotopic (exact) mass is 461 g/mol. The number of aromatic nitrogens is 2. The van der Waals surface area contributed by atoms with Gasteiger partial charge in [0.25, 0.3) is 5.91 Å². The summed E-state index contributed by atoms with van der Waals surface area (Å²) in [5.74, 6) is -0.704. The average Bonchev–Trinajstić information content (AvgIpc) is 3.40. The Morgan fingerprint density at radius 3 is 2.48 bits per heavy atom. The number of amides is 1. The van der Waals surface area contributed by atoms with Gasteiger partial charge in [-0.3, -0.25) is 9.78 Å². The lowest BCUT2D eigenvalue weighted by molar-refractivity contribution is 0.0715. The molecule has 3 heterocycles. The summed E-state index contributed by atoms with van der Waals surface area (Å²) < 4.78 is 37.4. The molecule has 0 radical (unpaired) electrons. The molecule has 6 nitrogen and oxygen atoms in total. The lowest BCUT2D eigenvalue weighted by Crippen LogP contribution is -2.40. The first-order valence-corrected chi connectivity index (χ1v) is 12.1. The van der Waals surface area contributed by atoms with Crippen LogP contribution in [0.1, 0.15) is 15.9 Å². The lowest BCUT2D eigenvalue weighted by Gasteiger charge is -2.27. The summed E-state index contributed by atoms with van der Waals surface area (Å²) in [4.78, 5) is 22.4. The number of fused-ring (bicyclic) bond motifs is 1. The molecular weight excluding hydrogens is 441 g/mol. The van der Waals surface area contributed by atoms with Crippen LogP contribution in [0.15, 0.2) is 84.7 Å². The first-order valence-electron chi connectivity index (χ1n) is 10.4. The van der Waals surface area contributed by atoms with E-state index in [4.69, 9.17) is 0 Å². The van der Waals surface area contributed by atoms with E-state index >= 15 is 0 Å². The largest absolute Gasteiger partial charge is 0.360 e. The van der Waals surface area contributed by atoms with Crippen molar-refractivity contribution in [3.05, 3.63) is 102 Å². The van der Waals surface area contributed by atoms with Crippen molar-refractivity contribution in [3.8, 4) is 11.1 Å². The highest BCUT2D eigenvalue weighted by Gasteiger charge is 2.32. The number of sulfone groups is 1. The van der Waals surface area contributed by atoms with Crippen LogP contribution < -0.4 is 0 Å². The molecule has 33 heavy (non-hydrogen) atoms. The second-order valence-electron chi connectivity index (χ2n) is 7.98. The summed E-state index contributed by atoms with van der Waals surface area (Å²) >= 11 is 0. The summed E-state index contributed by atoms with van der Waals surface area (Å²) in [7, 11) is -3.34. The lowest BCUT2D eigenvalue weighted by atomic mass is 10.0. The Labute approximate surface area is 190 Å². The van der Waals surface area contributed by atoms with Gasteiger partial charge in [0.1, 0.15) is 5.82 Å². The van der Waals surface area contributed by atoms with Crippen molar-refractivity contribution < 1.29 is 17.6 Å². The Kier molecular flexibility index (Phi) is 5.30. The molecule has 1 N–H and O–H groups in total. The van der Waals surface area contributed by atoms with Crippen LogP contribution in [0.3, 0.4) is 0 Å². The molecule has 0 aliphatic carbocycles. The van der Waals surface area contributed by atoms with Gasteiger partial charge in [-0.05, 0) is 53.1 Å². The number of benzene rings is 2. The van der Waals surface area contributed by atoms with Crippen LogP contribution in [0.2, 0.25) is 0 Å². The van der Waals surface area contributed by atoms with Gasteiger partial charge in [-0.15, -0.1) is 0 Å². The first-order chi connectivity index (χ1) is 15.9. The van der Waals surface area contributed by atoms with Crippen molar-refractivity contribution in [2.24, 2.45) is 0 Å². The Hall–Kier alpha value is -3.78. The molecule has 0 saturated carbocycles. The van der Waals surface area contributed by atoms with Crippen LogP contribution in [0.5, 0.6) is 0 Å². The third-order valence-corrected chi connectivity index (χ3v) is 7.14. The fraction of sp³-hybridized carbons (Fsp3) is 0.120. The molecule has 1 aliphatic rings. The SMILES string of the molecule is O=C(c1c[nH]c2cc(-c3ccc(F)cc3)ccc12)N(Cc1ccncc1)C1C=CS(=O)(=O)C1. The molecule has 1 amide bonds. The molecule has 1 aliphatic heterocycles. The van der Waals surface area contributed by atoms with Gasteiger partial charge < -0.3 is 9.88 Å². The van der Waals surface area contributed by atoms with Gasteiger partial charge in [-0.2, -0.15) is 0 Å². The van der Waals surface area contributed by atoms with Crippen molar-refractivity contribution in [2.75, 3.05) is 5.75 Å². The van der Waals surface area contributed by atoms with E-state index in [1.807, 2.05) is 18.2 Å². The number of carbonyl (C=O) groups excluding carboxylic acids is 1. The van der Waals surface area contributed by atoms with Gasteiger partial charge >= 0.3 is 0 Å². The van der Waals surface area contributed by atoms with Crippen molar-refractivity contribution in [1.29, 1.82) is 0 Å². The number of H-pyrrole nitrogens is 1. The third-order valence-electron chi connectivity index (χ3n) is 5.76. The van der Waals surface area contributed by atoms with E-state index in [9.17, 15) is 17.6 Å². The molecule has 0 bridgehead atoms. The Morgan fingerprint density at radius 2 is 1.79 bits per heavy atom. The van der Waals surface area contributed by atoms with E-state index in [1.54, 1.807) is 53.8 Å². The van der Waals surface area contributed by atoms with Gasteiger partial charge in [0.15, 0.2) is 9.84 Å². The van der Waals surface area contributed by atoms with E-state index in [0.717, 1.165) is 27.6 Å². The summed E-state index contributed by atoms with van der Waals surface area (Å²) in [6.45, 7) is 0.256. The zero-order valence-corrected chi connectivity index (χ0v) is 18.3. The second kappa shape index (κ2) is 8.29. The standard InChI is InChI=1S/C25H20FN3O3S/c26-20-4-1-18(2-5-20)19-3-6-22-23(14-28-24(22)13-19)25(30)29(15-17-7-10-27-11-8-17)21-9-12-33(31,32)16-21/h1-14,21,28H,15-16H2. The number of carbonyl (C=O) groups is 1. The molecule has 2 aromatic carbocycles. The summed E-state index contributed by atoms with van der Waals surface area (Å²) in [5.41, 5.74) is 3.83. The van der Waals surface area contributed by atoms with E-state index in [1.165, 1.54) is 17.5 Å². The Bertz CT molecular complexity index is 1460. The average molecular weight is 462 g/mol. The Balaban J connectivity index is 1.50. The molecule has 0 saturated heterocycles. The van der Waals surface area contributed by atoms with Crippen LogP contribution in [0.4, 0.5) is 4.39 Å². The number of rotatable bonds is 5. The van der Waals surface area contributed by atoms with Gasteiger partial charge in [-0.1, -0.05) is 24.3 Å². The highest BCUT2D eigenvalue weighted by Crippen LogP contribution is 2.28. The molecule has 1 atom stereocenters. The number of aromatic amines is 1. The Morgan fingerprint density at radius 1 is 1.06 bits per heavy atom. The zero-order valence-electron chi connectivity index (χ0n) is 17.5. The van der Waals surface area contributed by atoms with Gasteiger partial charge in [0.05, 0.1) is 17.4 Å². The first kappa shape index (κ1) is 21.1. The number of hydrogen-bond acceptors (Lipinski definition) is 4. The highest BCUT2D eigenvalue weighted by molar-refractivity contribution is 7.94. The summed E-state index contributed by atoms with van der Waals surface area (Å²) in [6.07, 6.45) is 6.49. The molecule has 0 fully saturated rings. The maximum atomic E-state index is 13.6. The number of nitrogens with one attached hydrogen (secondary N) is 1. The van der Waals surface area contributed by atoms with Crippen molar-refractivity contribution in [2.45, 2.75) is 12.6 Å². The molecule has 8 heteroatoms. The number of pyridine rings is 1. The van der Waals surface area contributed by atoms with E-state index in [-0.39, 0.29) is 24.0 Å². The third kappa shape index (κ3) is 4.29. The van der Waals surface area contributed by atoms with Crippen LogP contribution in [0.25, 0.3) is 22.0 Å². The fourth-order valence-corrected chi connectivity index (χ4v) is 5.36. The van der Waals surface area contributed by atoms with Crippen LogP contribution >= 0.6 is 0 Å². The van der Waals surface area contributed by atoms with E-state index in [2.05, 4.69) is 9.97 Å². The topological polar surface area (TPSA) is 83.1 Å². The molecule has 1 unspecified atom stereocenters. The van der Waals surface area contributed by atoms with E-state index < -0.39 is 15.9 Å². The van der Waals surface area contributed by atoms with Crippen molar-refractivity contribution in [1.82, 2.24) is 14.9 Å². The quantitative estimate of drug-likeness (QED) is 0.480. The van der Waals surface area contributed by atoms with Crippen LogP contribution in [-0.2, 0) is 16.4 Å². The molecular formula is C25H20FN3O3S. The molecule has 0 spiro atoms. The minimum Gasteiger partial charge on any atom is -0.360 e. The van der Waals surface area contributed by atoms with Crippen LogP contribution in [-0.4, -0.2) is 41.0 Å². The predicted molar refractivity (Wildman–Crippen MR) is 125 cm³/mol. The molecule has 5 rings (SSSR count). The minimum absolute atomic E-state index is 0.138. The second-order valence-corrected chi connectivity index (χ2v) is 9.91.